The number of amides is 6. The highest BCUT2D eigenvalue weighted by molar-refractivity contribution is 7.13. The molecule has 8 heterocycles. The Balaban J connectivity index is 0.714. The zero-order valence-electron chi connectivity index (χ0n) is 37.0. The van der Waals surface area contributed by atoms with E-state index in [4.69, 9.17) is 0 Å². The Kier molecular flexibility index (Phi) is 11.1. The molecular formula is C48H45F4N11O5S. The third-order valence-corrected chi connectivity index (χ3v) is 14.9. The first kappa shape index (κ1) is 44.5. The first-order valence-corrected chi connectivity index (χ1v) is 23.8. The molecule has 5 aliphatic rings. The largest absolute Gasteiger partial charge is 0.341 e. The number of imidazole rings is 1. The van der Waals surface area contributed by atoms with Gasteiger partial charge in [0.15, 0.2) is 17.0 Å². The number of fused-ring (bicyclic) bond motifs is 3. The number of urea groups is 1. The molecule has 2 unspecified atom stereocenters. The molecular weight excluding hydrogens is 919 g/mol. The summed E-state index contributed by atoms with van der Waals surface area (Å²) in [5, 5.41) is 14.7. The molecule has 0 aliphatic carbocycles. The molecule has 0 bridgehead atoms. The van der Waals surface area contributed by atoms with Gasteiger partial charge in [-0.1, -0.05) is 30.3 Å². The zero-order valence-corrected chi connectivity index (χ0v) is 37.8. The summed E-state index contributed by atoms with van der Waals surface area (Å²) in [5.74, 6) is -6.37. The van der Waals surface area contributed by atoms with Crippen LogP contribution in [0.15, 0.2) is 72.5 Å². The second-order valence-corrected chi connectivity index (χ2v) is 19.3. The highest BCUT2D eigenvalue weighted by Crippen LogP contribution is 2.43. The van der Waals surface area contributed by atoms with Crippen LogP contribution in [-0.4, -0.2) is 114 Å². The lowest BCUT2D eigenvalue weighted by Gasteiger charge is -2.40. The summed E-state index contributed by atoms with van der Waals surface area (Å²) >= 11 is 1.24. The van der Waals surface area contributed by atoms with Crippen molar-refractivity contribution in [1.82, 2.24) is 44.7 Å². The van der Waals surface area contributed by atoms with E-state index in [0.29, 0.717) is 56.2 Å². The molecule has 11 rings (SSSR count). The number of carbonyl (C=O) groups is 5. The number of nitrogens with zero attached hydrogens (tertiary/aromatic N) is 8. The number of carbonyl (C=O) groups excluding carboxylic acids is 5. The first-order valence-electron chi connectivity index (χ1n) is 22.9. The number of benzene rings is 3. The van der Waals surface area contributed by atoms with Gasteiger partial charge in [-0.2, -0.15) is 5.10 Å². The second kappa shape index (κ2) is 17.2. The Hall–Kier alpha value is -7.00. The van der Waals surface area contributed by atoms with Crippen molar-refractivity contribution < 1.29 is 41.5 Å². The van der Waals surface area contributed by atoms with E-state index >= 15 is 17.6 Å². The molecule has 3 N–H and O–H groups in total. The molecule has 69 heavy (non-hydrogen) atoms. The number of imide groups is 1. The smallest absolute Gasteiger partial charge is 0.329 e. The maximum Gasteiger partial charge on any atom is 0.329 e. The average molecular weight is 964 g/mol. The van der Waals surface area contributed by atoms with Crippen molar-refractivity contribution in [3.8, 4) is 11.1 Å². The summed E-state index contributed by atoms with van der Waals surface area (Å²) in [7, 11) is 0. The Morgan fingerprint density at radius 3 is 2.49 bits per heavy atom. The summed E-state index contributed by atoms with van der Waals surface area (Å²) in [6.07, 6.45) is 4.96. The predicted molar refractivity (Wildman–Crippen MR) is 245 cm³/mol. The number of rotatable bonds is 10. The number of thiazole rings is 1. The maximum atomic E-state index is 16.6. The van der Waals surface area contributed by atoms with Crippen LogP contribution in [0.25, 0.3) is 22.0 Å². The molecule has 3 aromatic carbocycles. The van der Waals surface area contributed by atoms with Crippen LogP contribution >= 0.6 is 11.3 Å². The number of aryl methyl sites for hydroxylation is 1. The third-order valence-electron chi connectivity index (χ3n) is 14.2. The molecule has 0 spiro atoms. The number of piperidine rings is 2. The normalized spacial score (nSPS) is 20.6. The third kappa shape index (κ3) is 8.09. The van der Waals surface area contributed by atoms with Crippen LogP contribution in [0, 0.1) is 5.82 Å². The summed E-state index contributed by atoms with van der Waals surface area (Å²) in [6.45, 7) is 0.302. The van der Waals surface area contributed by atoms with Gasteiger partial charge in [0, 0.05) is 79.2 Å². The number of H-pyrrole nitrogens is 1. The molecule has 0 radical (unpaired) electrons. The van der Waals surface area contributed by atoms with Crippen LogP contribution in [0.5, 0.6) is 0 Å². The van der Waals surface area contributed by atoms with Crippen molar-refractivity contribution in [2.45, 2.75) is 75.2 Å². The van der Waals surface area contributed by atoms with Crippen molar-refractivity contribution in [3.63, 3.8) is 0 Å². The lowest BCUT2D eigenvalue weighted by atomic mass is 9.85. The molecule has 0 saturated carbocycles. The Labute approximate surface area is 395 Å². The van der Waals surface area contributed by atoms with E-state index in [1.54, 1.807) is 66.4 Å². The molecule has 356 valence electrons. The lowest BCUT2D eigenvalue weighted by Crippen LogP contribution is -2.52. The highest BCUT2D eigenvalue weighted by Gasteiger charge is 2.47. The summed E-state index contributed by atoms with van der Waals surface area (Å²) in [6, 6.07) is 12.6. The summed E-state index contributed by atoms with van der Waals surface area (Å²) in [5.41, 5.74) is 2.01. The number of aromatic amines is 1. The van der Waals surface area contributed by atoms with Gasteiger partial charge in [-0.25, -0.2) is 32.3 Å². The summed E-state index contributed by atoms with van der Waals surface area (Å²) < 4.78 is 66.2. The topological polar surface area (TPSA) is 182 Å². The number of anilines is 2. The minimum Gasteiger partial charge on any atom is -0.341 e. The number of nitrogens with one attached hydrogen (secondary N) is 3. The van der Waals surface area contributed by atoms with Crippen LogP contribution in [-0.2, 0) is 39.6 Å². The molecule has 3 fully saturated rings. The fourth-order valence-electron chi connectivity index (χ4n) is 10.6. The molecule has 6 amide bonds. The van der Waals surface area contributed by atoms with Gasteiger partial charge in [0.05, 0.1) is 43.1 Å². The van der Waals surface area contributed by atoms with Crippen LogP contribution in [0.2, 0.25) is 0 Å². The molecule has 5 aliphatic heterocycles. The van der Waals surface area contributed by atoms with E-state index in [9.17, 15) is 24.0 Å². The van der Waals surface area contributed by atoms with Gasteiger partial charge in [0.25, 0.3) is 17.7 Å². The van der Waals surface area contributed by atoms with Gasteiger partial charge in [0.1, 0.15) is 11.5 Å². The lowest BCUT2D eigenvalue weighted by molar-refractivity contribution is -0.139. The number of aromatic nitrogens is 5. The SMILES string of the molecule is O=C1CCN(c2n[nH]c3cc(C4CCN(CC(=O)N5CCC(F)(c6ccc(-c7cc(F)c8c(c7)C(=O)N(C(C(=O)Nc7nccs7)c7ncn9c7CCC9)C8)cc6)CC5)CC4(F)F)ccc23)C(=O)N1. The molecule has 3 aromatic heterocycles. The quantitative estimate of drug-likeness (QED) is 0.127. The van der Waals surface area contributed by atoms with Gasteiger partial charge in [0.2, 0.25) is 11.8 Å². The van der Waals surface area contributed by atoms with E-state index in [1.807, 2.05) is 4.57 Å². The maximum absolute atomic E-state index is 16.6. The highest BCUT2D eigenvalue weighted by atomic mass is 32.1. The number of halogens is 4. The van der Waals surface area contributed by atoms with Gasteiger partial charge in [-0.05, 0) is 72.3 Å². The Morgan fingerprint density at radius 2 is 1.74 bits per heavy atom. The average Bonchev–Trinajstić information content (AvgIpc) is 4.19. The van der Waals surface area contributed by atoms with Crippen molar-refractivity contribution in [2.75, 3.05) is 49.5 Å². The van der Waals surface area contributed by atoms with Crippen LogP contribution in [0.3, 0.4) is 0 Å². The second-order valence-electron chi connectivity index (χ2n) is 18.4. The van der Waals surface area contributed by atoms with E-state index in [1.165, 1.54) is 37.0 Å². The van der Waals surface area contributed by atoms with Gasteiger partial charge in [-0.15, -0.1) is 11.3 Å². The molecule has 6 aromatic rings. The van der Waals surface area contributed by atoms with E-state index in [0.717, 1.165) is 18.7 Å². The minimum atomic E-state index is -3.17. The van der Waals surface area contributed by atoms with Crippen LogP contribution < -0.4 is 15.5 Å². The molecule has 3 saturated heterocycles. The molecule has 16 nitrogen and oxygen atoms in total. The van der Waals surface area contributed by atoms with Crippen molar-refractivity contribution in [1.29, 1.82) is 0 Å². The Bertz CT molecular complexity index is 3040. The van der Waals surface area contributed by atoms with E-state index in [2.05, 4.69) is 30.8 Å². The van der Waals surface area contributed by atoms with Crippen LogP contribution in [0.4, 0.5) is 33.3 Å². The minimum absolute atomic E-state index is 0.0102. The standard InChI is InChI=1S/C48H45F4N11O5S/c49-35-21-29(20-32-33(35)23-63(44(32)67)41(43(66)56-45-53-13-19-69-45)40-37-2-1-14-61(37)26-54-40)27-3-6-30(7-4-27)47(50)11-17-60(18-12-47)39(65)24-59-15-9-34(48(51,52)25-59)28-5-8-31-36(22-28)57-58-42(31)62-16-10-38(64)55-46(62)68/h3-8,13,19-22,26,34,41H,1-2,9-12,14-18,23-25H2,(H,57,58)(H,53,56,66)(H,55,64,68). The number of hydrogen-bond donors (Lipinski definition) is 3. The van der Waals surface area contributed by atoms with Gasteiger partial charge < -0.3 is 14.4 Å². The van der Waals surface area contributed by atoms with Crippen molar-refractivity contribution in [3.05, 3.63) is 112 Å². The van der Waals surface area contributed by atoms with Gasteiger partial charge in [-0.3, -0.25) is 44.7 Å². The first-order chi connectivity index (χ1) is 33.2. The monoisotopic (exact) mass is 963 g/mol. The predicted octanol–water partition coefficient (Wildman–Crippen LogP) is 6.66. The van der Waals surface area contributed by atoms with Crippen molar-refractivity contribution in [2.24, 2.45) is 0 Å². The van der Waals surface area contributed by atoms with Gasteiger partial charge >= 0.3 is 6.03 Å². The Morgan fingerprint density at radius 1 is 0.928 bits per heavy atom. The fraction of sp³-hybridized carbons (Fsp3) is 0.375. The van der Waals surface area contributed by atoms with Crippen LogP contribution in [0.1, 0.15) is 82.5 Å². The number of alkyl halides is 3. The fourth-order valence-corrected chi connectivity index (χ4v) is 11.1. The van der Waals surface area contributed by atoms with E-state index < -0.39 is 53.8 Å². The van der Waals surface area contributed by atoms with E-state index in [-0.39, 0.29) is 87.9 Å². The number of likely N-dealkylation sites (tertiary alicyclic amines) is 2. The number of hydrogen-bond acceptors (Lipinski definition) is 10. The van der Waals surface area contributed by atoms with Crippen molar-refractivity contribution >= 4 is 62.8 Å². The summed E-state index contributed by atoms with van der Waals surface area (Å²) in [4.78, 5) is 79.8. The molecule has 21 heteroatoms. The molecule has 2 atom stereocenters. The zero-order chi connectivity index (χ0) is 47.8.